The van der Waals surface area contributed by atoms with Crippen LogP contribution in [-0.2, 0) is 24.2 Å². The second-order valence-corrected chi connectivity index (χ2v) is 10.6. The van der Waals surface area contributed by atoms with Gasteiger partial charge in [0, 0.05) is 25.7 Å². The second kappa shape index (κ2) is 9.10. The Hall–Kier alpha value is -2.79. The molecule has 5 nitrogen and oxygen atoms in total. The molecule has 0 N–H and O–H groups in total. The molecule has 1 amide bonds. The number of amides is 1. The van der Waals surface area contributed by atoms with Gasteiger partial charge in [-0.05, 0) is 60.4 Å². The summed E-state index contributed by atoms with van der Waals surface area (Å²) < 4.78 is 5.29. The van der Waals surface area contributed by atoms with Crippen molar-refractivity contribution in [1.29, 1.82) is 0 Å². The van der Waals surface area contributed by atoms with Gasteiger partial charge in [-0.25, -0.2) is 0 Å². The van der Waals surface area contributed by atoms with Crippen molar-refractivity contribution in [2.24, 2.45) is 5.92 Å². The van der Waals surface area contributed by atoms with E-state index in [4.69, 9.17) is 4.74 Å². The van der Waals surface area contributed by atoms with E-state index in [9.17, 15) is 4.79 Å². The largest absolute Gasteiger partial charge is 0.497 e. The van der Waals surface area contributed by atoms with Crippen molar-refractivity contribution in [2.75, 3.05) is 26.7 Å². The predicted octanol–water partition coefficient (Wildman–Crippen LogP) is 4.47. The van der Waals surface area contributed by atoms with Crippen LogP contribution in [0.5, 0.6) is 5.75 Å². The first-order valence-electron chi connectivity index (χ1n) is 12.6. The Morgan fingerprint density at radius 2 is 1.65 bits per heavy atom. The molecule has 180 valence electrons. The third-order valence-electron chi connectivity index (χ3n) is 8.00. The maximum Gasteiger partial charge on any atom is 0.254 e. The molecule has 3 aliphatic rings. The molecule has 2 saturated heterocycles. The molecule has 0 saturated carbocycles. The highest BCUT2D eigenvalue weighted by atomic mass is 16.5. The predicted molar refractivity (Wildman–Crippen MR) is 135 cm³/mol. The summed E-state index contributed by atoms with van der Waals surface area (Å²) in [5, 5.41) is 0. The lowest BCUT2D eigenvalue weighted by Crippen LogP contribution is -2.58. The number of benzene rings is 2. The Morgan fingerprint density at radius 3 is 2.21 bits per heavy atom. The lowest BCUT2D eigenvalue weighted by molar-refractivity contribution is -0.136. The molecule has 5 rings (SSSR count). The Kier molecular flexibility index (Phi) is 6.15. The fourth-order valence-corrected chi connectivity index (χ4v) is 6.14. The summed E-state index contributed by atoms with van der Waals surface area (Å²) in [5.74, 6) is 2.37. The normalized spacial score (nSPS) is 20.6. The van der Waals surface area contributed by atoms with Gasteiger partial charge in [0.05, 0.1) is 13.7 Å². The van der Waals surface area contributed by atoms with Crippen LogP contribution in [-0.4, -0.2) is 58.9 Å². The van der Waals surface area contributed by atoms with Gasteiger partial charge in [-0.15, -0.1) is 0 Å². The number of carbonyl (C=O) groups excluding carboxylic acids is 1. The van der Waals surface area contributed by atoms with Gasteiger partial charge in [-0.1, -0.05) is 56.8 Å². The average molecular weight is 460 g/mol. The van der Waals surface area contributed by atoms with Crippen LogP contribution in [0, 0.1) is 5.92 Å². The van der Waals surface area contributed by atoms with Crippen LogP contribution in [0.3, 0.4) is 0 Å². The first-order valence-corrected chi connectivity index (χ1v) is 12.6. The van der Waals surface area contributed by atoms with Gasteiger partial charge >= 0.3 is 0 Å². The van der Waals surface area contributed by atoms with Crippen molar-refractivity contribution in [1.82, 2.24) is 14.7 Å². The monoisotopic (exact) mass is 459 g/mol. The zero-order valence-corrected chi connectivity index (χ0v) is 20.8. The van der Waals surface area contributed by atoms with Crippen molar-refractivity contribution >= 4 is 5.91 Å². The van der Waals surface area contributed by atoms with E-state index in [2.05, 4.69) is 54.5 Å². The van der Waals surface area contributed by atoms with Crippen molar-refractivity contribution in [2.45, 2.75) is 57.7 Å². The van der Waals surface area contributed by atoms with Gasteiger partial charge in [-0.3, -0.25) is 14.6 Å². The minimum absolute atomic E-state index is 0.225. The Bertz CT molecular complexity index is 1030. The van der Waals surface area contributed by atoms with E-state index < -0.39 is 5.54 Å². The number of piperidine rings is 1. The number of ether oxygens (including phenoxy) is 1. The summed E-state index contributed by atoms with van der Waals surface area (Å²) in [6.07, 6.45) is 3.99. The van der Waals surface area contributed by atoms with Gasteiger partial charge < -0.3 is 9.64 Å². The molecule has 0 bridgehead atoms. The molecule has 2 aromatic carbocycles. The molecule has 0 aromatic heterocycles. The van der Waals surface area contributed by atoms with Crippen LogP contribution in [0.15, 0.2) is 60.9 Å². The highest BCUT2D eigenvalue weighted by molar-refractivity contribution is 5.91. The van der Waals surface area contributed by atoms with Crippen LogP contribution < -0.4 is 4.74 Å². The van der Waals surface area contributed by atoms with Crippen LogP contribution in [0.25, 0.3) is 0 Å². The Morgan fingerprint density at radius 1 is 1.03 bits per heavy atom. The quantitative estimate of drug-likeness (QED) is 0.639. The van der Waals surface area contributed by atoms with Crippen LogP contribution in [0.1, 0.15) is 43.4 Å². The van der Waals surface area contributed by atoms with Gasteiger partial charge in [0.15, 0.2) is 0 Å². The summed E-state index contributed by atoms with van der Waals surface area (Å²) in [5.41, 5.74) is 3.61. The number of rotatable bonds is 6. The molecule has 2 fully saturated rings. The van der Waals surface area contributed by atoms with E-state index in [0.29, 0.717) is 18.5 Å². The summed E-state index contributed by atoms with van der Waals surface area (Å²) >= 11 is 0. The number of methoxy groups -OCH3 is 1. The number of carbonyl (C=O) groups is 1. The smallest absolute Gasteiger partial charge is 0.254 e. The third kappa shape index (κ3) is 4.00. The maximum absolute atomic E-state index is 14.0. The lowest BCUT2D eigenvalue weighted by atomic mass is 9.84. The van der Waals surface area contributed by atoms with Gasteiger partial charge in [-0.2, -0.15) is 0 Å². The van der Waals surface area contributed by atoms with E-state index in [1.54, 1.807) is 7.11 Å². The van der Waals surface area contributed by atoms with Crippen molar-refractivity contribution in [3.05, 3.63) is 77.6 Å². The fourth-order valence-electron chi connectivity index (χ4n) is 6.14. The van der Waals surface area contributed by atoms with Crippen LogP contribution >= 0.6 is 0 Å². The van der Waals surface area contributed by atoms with Gasteiger partial charge in [0.25, 0.3) is 5.91 Å². The van der Waals surface area contributed by atoms with Gasteiger partial charge in [0.2, 0.25) is 0 Å². The first kappa shape index (κ1) is 23.0. The number of fused-ring (bicyclic) bond motifs is 1. The molecular weight excluding hydrogens is 422 g/mol. The summed E-state index contributed by atoms with van der Waals surface area (Å²) in [4.78, 5) is 20.9. The van der Waals surface area contributed by atoms with E-state index in [-0.39, 0.29) is 5.91 Å². The first-order chi connectivity index (χ1) is 16.4. The van der Waals surface area contributed by atoms with E-state index in [1.165, 1.54) is 11.1 Å². The van der Waals surface area contributed by atoms with Gasteiger partial charge in [0.1, 0.15) is 17.1 Å². The van der Waals surface area contributed by atoms with Crippen LogP contribution in [0.2, 0.25) is 0 Å². The molecular formula is C29H37N3O2. The molecule has 0 unspecified atom stereocenters. The maximum atomic E-state index is 14.0. The fraction of sp³-hybridized carbons (Fsp3) is 0.483. The zero-order valence-electron chi connectivity index (χ0n) is 20.8. The molecule has 5 heteroatoms. The molecule has 0 atom stereocenters. The highest BCUT2D eigenvalue weighted by Gasteiger charge is 2.55. The SMILES string of the molecule is C=C1N(Cc2ccc(OC)cc2)C(=O)C2(CCN(C3Cc4ccccc4C3)CC2)N1CC(C)C. The third-order valence-corrected chi connectivity index (χ3v) is 8.00. The average Bonchev–Trinajstić information content (AvgIpc) is 3.36. The van der Waals surface area contributed by atoms with Crippen LogP contribution in [0.4, 0.5) is 0 Å². The minimum atomic E-state index is -0.463. The molecule has 1 spiro atoms. The standard InChI is InChI=1S/C29H37N3O2/c1-21(2)19-32-22(3)31(20-23-9-11-27(34-4)12-10-23)28(33)29(32)13-15-30(16-14-29)26-17-24-7-5-6-8-25(24)18-26/h5-12,21,26H,3,13-20H2,1-2,4H3. The summed E-state index contributed by atoms with van der Waals surface area (Å²) in [6, 6.07) is 17.4. The molecule has 1 aliphatic carbocycles. The number of nitrogens with zero attached hydrogens (tertiary/aromatic N) is 3. The highest BCUT2D eigenvalue weighted by Crippen LogP contribution is 2.43. The van der Waals surface area contributed by atoms with E-state index in [0.717, 1.165) is 62.5 Å². The molecule has 2 heterocycles. The van der Waals surface area contributed by atoms with E-state index in [1.807, 2.05) is 29.2 Å². The zero-order chi connectivity index (χ0) is 23.9. The van der Waals surface area contributed by atoms with Crippen molar-refractivity contribution < 1.29 is 9.53 Å². The topological polar surface area (TPSA) is 36.0 Å². The van der Waals surface area contributed by atoms with Crippen molar-refractivity contribution in [3.8, 4) is 5.75 Å². The molecule has 2 aromatic rings. The van der Waals surface area contributed by atoms with E-state index >= 15 is 0 Å². The Labute approximate surface area is 204 Å². The number of hydrogen-bond acceptors (Lipinski definition) is 4. The number of hydrogen-bond donors (Lipinski definition) is 0. The Balaban J connectivity index is 1.33. The lowest BCUT2D eigenvalue weighted by Gasteiger charge is -2.45. The molecule has 0 radical (unpaired) electrons. The summed E-state index contributed by atoms with van der Waals surface area (Å²) in [7, 11) is 1.67. The number of likely N-dealkylation sites (tertiary alicyclic amines) is 1. The molecule has 2 aliphatic heterocycles. The summed E-state index contributed by atoms with van der Waals surface area (Å²) in [6.45, 7) is 12.2. The second-order valence-electron chi connectivity index (χ2n) is 10.6. The van der Waals surface area contributed by atoms with Crippen molar-refractivity contribution in [3.63, 3.8) is 0 Å². The minimum Gasteiger partial charge on any atom is -0.497 e. The molecule has 34 heavy (non-hydrogen) atoms.